The van der Waals surface area contributed by atoms with Gasteiger partial charge in [0.15, 0.2) is 0 Å². The van der Waals surface area contributed by atoms with Crippen molar-refractivity contribution in [3.05, 3.63) is 82.2 Å². The molecular formula is C15H12ClNO2S. The van der Waals surface area contributed by atoms with E-state index in [9.17, 15) is 8.42 Å². The van der Waals surface area contributed by atoms with Crippen LogP contribution in [0.5, 0.6) is 0 Å². The Balaban J connectivity index is 2.34. The van der Waals surface area contributed by atoms with E-state index < -0.39 is 15.2 Å². The monoisotopic (exact) mass is 305 g/mol. The van der Waals surface area contributed by atoms with E-state index in [1.165, 1.54) is 6.07 Å². The molecule has 5 heteroatoms. The van der Waals surface area contributed by atoms with Gasteiger partial charge in [0.05, 0.1) is 11.3 Å². The summed E-state index contributed by atoms with van der Waals surface area (Å²) in [6, 6.07) is 15.3. The molecule has 102 valence electrons. The quantitative estimate of drug-likeness (QED) is 0.804. The molecule has 2 rings (SSSR count). The van der Waals surface area contributed by atoms with Gasteiger partial charge >= 0.3 is 5.37 Å². The molecule has 0 saturated carbocycles. The molecule has 0 bridgehead atoms. The topological polar surface area (TPSA) is 38.5 Å². The number of halogens is 1. The lowest BCUT2D eigenvalue weighted by Gasteiger charge is -2.08. The summed E-state index contributed by atoms with van der Waals surface area (Å²) in [5, 5.41) is -0.799. The number of hydrogen-bond acceptors (Lipinski definition) is 2. The maximum atomic E-state index is 12.4. The van der Waals surface area contributed by atoms with E-state index in [4.69, 9.17) is 18.2 Å². The Morgan fingerprint density at radius 1 is 1.10 bits per heavy atom. The summed E-state index contributed by atoms with van der Waals surface area (Å²) in [5.41, 5.74) is 1.08. The largest absolute Gasteiger partial charge is 0.346 e. The molecule has 0 radical (unpaired) electrons. The highest BCUT2D eigenvalue weighted by atomic mass is 35.5. The fourth-order valence-corrected chi connectivity index (χ4v) is 3.64. The van der Waals surface area contributed by atoms with Gasteiger partial charge < -0.3 is 0 Å². The van der Waals surface area contributed by atoms with Crippen molar-refractivity contribution in [3.63, 3.8) is 0 Å². The smallest absolute Gasteiger partial charge is 0.291 e. The van der Waals surface area contributed by atoms with Gasteiger partial charge in [-0.05, 0) is 17.7 Å². The van der Waals surface area contributed by atoms with E-state index in [-0.39, 0.29) is 5.75 Å². The first kappa shape index (κ1) is 14.6. The van der Waals surface area contributed by atoms with Gasteiger partial charge in [-0.2, -0.15) is 0 Å². The summed E-state index contributed by atoms with van der Waals surface area (Å²) < 4.78 is 24.8. The number of benzene rings is 2. The number of sulfone groups is 1. The lowest BCUT2D eigenvalue weighted by molar-refractivity contribution is 0.589. The summed E-state index contributed by atoms with van der Waals surface area (Å²) in [6.45, 7) is 7.19. The van der Waals surface area contributed by atoms with Crippen molar-refractivity contribution in [2.75, 3.05) is 0 Å². The minimum absolute atomic E-state index is 0.159. The van der Waals surface area contributed by atoms with Crippen LogP contribution in [0.2, 0.25) is 5.02 Å². The zero-order valence-electron chi connectivity index (χ0n) is 10.5. The first-order chi connectivity index (χ1) is 9.53. The third-order valence-electron chi connectivity index (χ3n) is 2.80. The van der Waals surface area contributed by atoms with Crippen molar-refractivity contribution in [1.82, 2.24) is 0 Å². The Hall–Kier alpha value is -1.83. The summed E-state index contributed by atoms with van der Waals surface area (Å²) in [7, 11) is -3.61. The van der Waals surface area contributed by atoms with E-state index in [1.807, 2.05) is 6.07 Å². The van der Waals surface area contributed by atoms with E-state index in [1.54, 1.807) is 42.5 Å². The lowest BCUT2D eigenvalue weighted by atomic mass is 10.2. The second-order valence-corrected chi connectivity index (χ2v) is 6.83. The molecular weight excluding hydrogens is 294 g/mol. The molecule has 0 amide bonds. The average Bonchev–Trinajstić information content (AvgIpc) is 2.39. The van der Waals surface area contributed by atoms with E-state index in [0.717, 1.165) is 0 Å². The molecule has 20 heavy (non-hydrogen) atoms. The van der Waals surface area contributed by atoms with Crippen LogP contribution in [0.25, 0.3) is 4.85 Å². The van der Waals surface area contributed by atoms with Crippen LogP contribution >= 0.6 is 11.6 Å². The van der Waals surface area contributed by atoms with Gasteiger partial charge in [-0.3, -0.25) is 4.85 Å². The molecule has 0 aromatic heterocycles. The molecule has 0 heterocycles. The summed E-state index contributed by atoms with van der Waals surface area (Å²) in [6.07, 6.45) is 0. The molecule has 0 N–H and O–H groups in total. The Morgan fingerprint density at radius 3 is 2.40 bits per heavy atom. The Morgan fingerprint density at radius 2 is 1.80 bits per heavy atom. The number of hydrogen-bond donors (Lipinski definition) is 0. The maximum absolute atomic E-state index is 12.4. The van der Waals surface area contributed by atoms with Crippen LogP contribution in [-0.2, 0) is 15.6 Å². The van der Waals surface area contributed by atoms with Crippen molar-refractivity contribution in [2.45, 2.75) is 11.1 Å². The minimum Gasteiger partial charge on any atom is -0.291 e. The first-order valence-corrected chi connectivity index (χ1v) is 8.00. The van der Waals surface area contributed by atoms with Crippen molar-refractivity contribution in [1.29, 1.82) is 0 Å². The molecule has 0 aliphatic rings. The van der Waals surface area contributed by atoms with Crippen LogP contribution in [0.4, 0.5) is 0 Å². The van der Waals surface area contributed by atoms with Gasteiger partial charge in [-0.15, -0.1) is 0 Å². The Kier molecular flexibility index (Phi) is 4.43. The van der Waals surface area contributed by atoms with E-state index in [2.05, 4.69) is 4.85 Å². The predicted molar refractivity (Wildman–Crippen MR) is 79.9 cm³/mol. The van der Waals surface area contributed by atoms with Gasteiger partial charge in [-0.25, -0.2) is 15.0 Å². The molecule has 3 nitrogen and oxygen atoms in total. The predicted octanol–water partition coefficient (Wildman–Crippen LogP) is 3.87. The zero-order valence-corrected chi connectivity index (χ0v) is 12.1. The fraction of sp³-hybridized carbons (Fsp3) is 0.133. The molecule has 2 aromatic rings. The van der Waals surface area contributed by atoms with Crippen LogP contribution in [-0.4, -0.2) is 8.42 Å². The molecule has 0 fully saturated rings. The Labute approximate surface area is 123 Å². The maximum Gasteiger partial charge on any atom is 0.346 e. The minimum atomic E-state index is -3.61. The molecule has 0 spiro atoms. The van der Waals surface area contributed by atoms with Gasteiger partial charge in [0.1, 0.15) is 0 Å². The van der Waals surface area contributed by atoms with Crippen LogP contribution < -0.4 is 0 Å². The SMILES string of the molecule is [C-]#[N+]C(c1cccc(Cl)c1)S(=O)(=O)Cc1ccccc1. The van der Waals surface area contributed by atoms with Crippen LogP contribution in [0.3, 0.4) is 0 Å². The summed E-state index contributed by atoms with van der Waals surface area (Å²) in [5.74, 6) is -0.159. The highest BCUT2D eigenvalue weighted by Crippen LogP contribution is 2.28. The second kappa shape index (κ2) is 6.08. The zero-order chi connectivity index (χ0) is 14.6. The number of rotatable bonds is 4. The third kappa shape index (κ3) is 3.38. The summed E-state index contributed by atoms with van der Waals surface area (Å²) >= 11 is 5.86. The third-order valence-corrected chi connectivity index (χ3v) is 4.83. The molecule has 1 atom stereocenters. The Bertz CT molecular complexity index is 736. The van der Waals surface area contributed by atoms with E-state index in [0.29, 0.717) is 16.1 Å². The number of nitrogens with zero attached hydrogens (tertiary/aromatic N) is 1. The van der Waals surface area contributed by atoms with Crippen LogP contribution in [0, 0.1) is 6.57 Å². The molecule has 1 unspecified atom stereocenters. The summed E-state index contributed by atoms with van der Waals surface area (Å²) in [4.78, 5) is 3.27. The first-order valence-electron chi connectivity index (χ1n) is 5.90. The molecule has 2 aromatic carbocycles. The van der Waals surface area contributed by atoms with Crippen LogP contribution in [0.1, 0.15) is 16.5 Å². The van der Waals surface area contributed by atoms with Crippen molar-refractivity contribution < 1.29 is 8.42 Å². The highest BCUT2D eigenvalue weighted by molar-refractivity contribution is 7.91. The molecule has 0 aliphatic heterocycles. The van der Waals surface area contributed by atoms with Gasteiger partial charge in [-0.1, -0.05) is 54.1 Å². The van der Waals surface area contributed by atoms with Gasteiger partial charge in [0.25, 0.3) is 0 Å². The molecule has 0 saturated heterocycles. The average molecular weight is 306 g/mol. The normalized spacial score (nSPS) is 12.6. The van der Waals surface area contributed by atoms with Crippen molar-refractivity contribution in [2.24, 2.45) is 0 Å². The second-order valence-electron chi connectivity index (χ2n) is 4.33. The molecule has 0 aliphatic carbocycles. The standard InChI is InChI=1S/C15H12ClNO2S/c1-17-15(13-8-5-9-14(16)10-13)20(18,19)11-12-6-3-2-4-7-12/h2-10,15H,11H2. The van der Waals surface area contributed by atoms with E-state index >= 15 is 0 Å². The van der Waals surface area contributed by atoms with Gasteiger partial charge in [0.2, 0.25) is 9.84 Å². The van der Waals surface area contributed by atoms with Crippen molar-refractivity contribution in [3.8, 4) is 0 Å². The lowest BCUT2D eigenvalue weighted by Crippen LogP contribution is -2.12. The van der Waals surface area contributed by atoms with Gasteiger partial charge in [0, 0.05) is 5.02 Å². The van der Waals surface area contributed by atoms with Crippen molar-refractivity contribution >= 4 is 21.4 Å². The highest BCUT2D eigenvalue weighted by Gasteiger charge is 2.32. The van der Waals surface area contributed by atoms with Crippen LogP contribution in [0.15, 0.2) is 54.6 Å². The fourth-order valence-electron chi connectivity index (χ4n) is 1.91.